The van der Waals surface area contributed by atoms with Crippen LogP contribution in [0.2, 0.25) is 0 Å². The quantitative estimate of drug-likeness (QED) is 0.649. The van der Waals surface area contributed by atoms with Gasteiger partial charge in [0.15, 0.2) is 0 Å². The normalized spacial score (nSPS) is 41.5. The standard InChI is InChI=1S/C11H19N3O/c12-8-5-10(6-8)13-3-4-14-9(7-13)1-2-11(14)15/h8-10H,1-7,12H2/t8?,9-,10?/m0/s1. The third-order valence-electron chi connectivity index (χ3n) is 4.19. The lowest BCUT2D eigenvalue weighted by Crippen LogP contribution is -2.59. The van der Waals surface area contributed by atoms with E-state index >= 15 is 0 Å². The fourth-order valence-electron chi connectivity index (χ4n) is 3.15. The lowest BCUT2D eigenvalue weighted by atomic mass is 9.85. The Morgan fingerprint density at radius 1 is 1.20 bits per heavy atom. The maximum Gasteiger partial charge on any atom is 0.222 e. The number of nitrogens with zero attached hydrogens (tertiary/aromatic N) is 2. The zero-order valence-corrected chi connectivity index (χ0v) is 9.06. The molecule has 84 valence electrons. The summed E-state index contributed by atoms with van der Waals surface area (Å²) in [4.78, 5) is 16.1. The highest BCUT2D eigenvalue weighted by Crippen LogP contribution is 2.29. The molecule has 1 atom stereocenters. The molecule has 4 heteroatoms. The maximum absolute atomic E-state index is 11.5. The number of hydrogen-bond donors (Lipinski definition) is 1. The summed E-state index contributed by atoms with van der Waals surface area (Å²) >= 11 is 0. The molecule has 0 spiro atoms. The predicted molar refractivity (Wildman–Crippen MR) is 57.3 cm³/mol. The molecule has 3 fully saturated rings. The molecular weight excluding hydrogens is 190 g/mol. The Balaban J connectivity index is 1.60. The van der Waals surface area contributed by atoms with Crippen LogP contribution in [0, 0.1) is 0 Å². The zero-order valence-electron chi connectivity index (χ0n) is 9.06. The summed E-state index contributed by atoms with van der Waals surface area (Å²) in [5, 5.41) is 0. The molecule has 1 amide bonds. The van der Waals surface area contributed by atoms with Gasteiger partial charge in [0.2, 0.25) is 5.91 Å². The zero-order chi connectivity index (χ0) is 10.4. The first-order valence-electron chi connectivity index (χ1n) is 6.03. The summed E-state index contributed by atoms with van der Waals surface area (Å²) in [5.41, 5.74) is 5.81. The van der Waals surface area contributed by atoms with Crippen molar-refractivity contribution in [3.8, 4) is 0 Å². The van der Waals surface area contributed by atoms with Gasteiger partial charge in [0.05, 0.1) is 0 Å². The van der Waals surface area contributed by atoms with Crippen LogP contribution in [0.15, 0.2) is 0 Å². The molecule has 4 nitrogen and oxygen atoms in total. The van der Waals surface area contributed by atoms with Crippen molar-refractivity contribution in [1.82, 2.24) is 9.80 Å². The van der Waals surface area contributed by atoms with Crippen LogP contribution in [-0.4, -0.2) is 53.5 Å². The van der Waals surface area contributed by atoms with Gasteiger partial charge in [-0.3, -0.25) is 9.69 Å². The Morgan fingerprint density at radius 3 is 2.73 bits per heavy atom. The molecule has 1 saturated carbocycles. The van der Waals surface area contributed by atoms with Gasteiger partial charge in [-0.2, -0.15) is 0 Å². The van der Waals surface area contributed by atoms with Crippen LogP contribution < -0.4 is 5.73 Å². The topological polar surface area (TPSA) is 49.6 Å². The molecular formula is C11H19N3O. The second-order valence-corrected chi connectivity index (χ2v) is 5.16. The number of hydrogen-bond acceptors (Lipinski definition) is 3. The molecule has 0 aromatic rings. The fraction of sp³-hybridized carbons (Fsp3) is 0.909. The van der Waals surface area contributed by atoms with Gasteiger partial charge in [-0.25, -0.2) is 0 Å². The third-order valence-corrected chi connectivity index (χ3v) is 4.19. The van der Waals surface area contributed by atoms with E-state index in [1.807, 2.05) is 0 Å². The second kappa shape index (κ2) is 3.46. The molecule has 0 radical (unpaired) electrons. The first kappa shape index (κ1) is 9.60. The highest BCUT2D eigenvalue weighted by Gasteiger charge is 2.40. The van der Waals surface area contributed by atoms with E-state index in [0.29, 0.717) is 24.0 Å². The first-order chi connectivity index (χ1) is 7.24. The number of amides is 1. The summed E-state index contributed by atoms with van der Waals surface area (Å²) < 4.78 is 0. The Hall–Kier alpha value is -0.610. The minimum atomic E-state index is 0.366. The van der Waals surface area contributed by atoms with Crippen LogP contribution in [0.25, 0.3) is 0 Å². The van der Waals surface area contributed by atoms with E-state index in [9.17, 15) is 4.79 Å². The van der Waals surface area contributed by atoms with E-state index in [1.165, 1.54) is 0 Å². The number of rotatable bonds is 1. The van der Waals surface area contributed by atoms with Gasteiger partial charge >= 0.3 is 0 Å². The van der Waals surface area contributed by atoms with Gasteiger partial charge < -0.3 is 10.6 Å². The summed E-state index contributed by atoms with van der Waals surface area (Å²) in [7, 11) is 0. The van der Waals surface area contributed by atoms with Gasteiger partial charge in [-0.1, -0.05) is 0 Å². The van der Waals surface area contributed by atoms with E-state index in [-0.39, 0.29) is 0 Å². The lowest BCUT2D eigenvalue weighted by Gasteiger charge is -2.46. The molecule has 2 saturated heterocycles. The fourth-order valence-corrected chi connectivity index (χ4v) is 3.15. The largest absolute Gasteiger partial charge is 0.337 e. The molecule has 0 bridgehead atoms. The highest BCUT2D eigenvalue weighted by atomic mass is 16.2. The SMILES string of the molecule is NC1CC(N2CCN3C(=O)CC[C@H]3C2)C1. The highest BCUT2D eigenvalue weighted by molar-refractivity contribution is 5.78. The number of carbonyl (C=O) groups excluding carboxylic acids is 1. The van der Waals surface area contributed by atoms with E-state index in [1.54, 1.807) is 0 Å². The van der Waals surface area contributed by atoms with Gasteiger partial charge in [-0.15, -0.1) is 0 Å². The number of fused-ring (bicyclic) bond motifs is 1. The molecule has 0 aromatic carbocycles. The summed E-state index contributed by atoms with van der Waals surface area (Å²) in [6.07, 6.45) is 4.14. The van der Waals surface area contributed by atoms with Crippen LogP contribution in [0.3, 0.4) is 0 Å². The first-order valence-corrected chi connectivity index (χ1v) is 6.03. The van der Waals surface area contributed by atoms with E-state index in [0.717, 1.165) is 45.3 Å². The van der Waals surface area contributed by atoms with Crippen LogP contribution >= 0.6 is 0 Å². The monoisotopic (exact) mass is 209 g/mol. The summed E-state index contributed by atoms with van der Waals surface area (Å²) in [6.45, 7) is 3.08. The van der Waals surface area contributed by atoms with Crippen LogP contribution in [0.4, 0.5) is 0 Å². The lowest BCUT2D eigenvalue weighted by molar-refractivity contribution is -0.131. The van der Waals surface area contributed by atoms with E-state index in [2.05, 4.69) is 9.80 Å². The summed E-state index contributed by atoms with van der Waals surface area (Å²) in [6, 6.07) is 1.64. The van der Waals surface area contributed by atoms with Gasteiger partial charge in [-0.05, 0) is 19.3 Å². The third kappa shape index (κ3) is 1.56. The Labute approximate surface area is 90.4 Å². The van der Waals surface area contributed by atoms with Crippen LogP contribution in [0.5, 0.6) is 0 Å². The summed E-state index contributed by atoms with van der Waals surface area (Å²) in [5.74, 6) is 0.366. The number of piperazine rings is 1. The number of nitrogens with two attached hydrogens (primary N) is 1. The van der Waals surface area contributed by atoms with Crippen molar-refractivity contribution >= 4 is 5.91 Å². The Kier molecular flexibility index (Phi) is 2.21. The van der Waals surface area contributed by atoms with Gasteiger partial charge in [0.25, 0.3) is 0 Å². The Bertz CT molecular complexity index is 275. The van der Waals surface area contributed by atoms with Crippen molar-refractivity contribution in [3.63, 3.8) is 0 Å². The van der Waals surface area contributed by atoms with Crippen LogP contribution in [0.1, 0.15) is 25.7 Å². The predicted octanol–water partition coefficient (Wildman–Crippen LogP) is -0.217. The number of carbonyl (C=O) groups is 1. The van der Waals surface area contributed by atoms with Gasteiger partial charge in [0.1, 0.15) is 0 Å². The van der Waals surface area contributed by atoms with Crippen molar-refractivity contribution in [1.29, 1.82) is 0 Å². The Morgan fingerprint density at radius 2 is 2.00 bits per heavy atom. The molecule has 1 aliphatic carbocycles. The maximum atomic E-state index is 11.5. The average molecular weight is 209 g/mol. The van der Waals surface area contributed by atoms with E-state index in [4.69, 9.17) is 5.73 Å². The molecule has 2 aliphatic heterocycles. The molecule has 15 heavy (non-hydrogen) atoms. The second-order valence-electron chi connectivity index (χ2n) is 5.16. The van der Waals surface area contributed by atoms with Crippen molar-refractivity contribution in [2.75, 3.05) is 19.6 Å². The molecule has 0 aromatic heterocycles. The molecule has 2 heterocycles. The van der Waals surface area contributed by atoms with Crippen molar-refractivity contribution in [2.24, 2.45) is 5.73 Å². The molecule has 3 aliphatic rings. The molecule has 2 N–H and O–H groups in total. The van der Waals surface area contributed by atoms with Crippen LogP contribution in [-0.2, 0) is 4.79 Å². The van der Waals surface area contributed by atoms with Crippen molar-refractivity contribution < 1.29 is 4.79 Å². The van der Waals surface area contributed by atoms with E-state index < -0.39 is 0 Å². The minimum Gasteiger partial charge on any atom is -0.337 e. The average Bonchev–Trinajstić information content (AvgIpc) is 2.55. The van der Waals surface area contributed by atoms with Gasteiger partial charge in [0, 0.05) is 44.2 Å². The van der Waals surface area contributed by atoms with Crippen molar-refractivity contribution in [3.05, 3.63) is 0 Å². The molecule has 3 rings (SSSR count). The minimum absolute atomic E-state index is 0.366. The smallest absolute Gasteiger partial charge is 0.222 e. The molecule has 0 unspecified atom stereocenters. The van der Waals surface area contributed by atoms with Crippen molar-refractivity contribution in [2.45, 2.75) is 43.8 Å².